The third kappa shape index (κ3) is 5.11. The van der Waals surface area contributed by atoms with Crippen LogP contribution in [0.1, 0.15) is 47.0 Å². The van der Waals surface area contributed by atoms with Crippen molar-refractivity contribution in [3.8, 4) is 0 Å². The summed E-state index contributed by atoms with van der Waals surface area (Å²) in [6.45, 7) is 9.80. The third-order valence-electron chi connectivity index (χ3n) is 2.61. The lowest BCUT2D eigenvalue weighted by atomic mass is 10.2. The molecule has 1 rings (SSSR count). The fourth-order valence-corrected chi connectivity index (χ4v) is 4.87. The van der Waals surface area contributed by atoms with Crippen molar-refractivity contribution in [3.05, 3.63) is 0 Å². The normalized spacial score (nSPS) is 23.0. The summed E-state index contributed by atoms with van der Waals surface area (Å²) in [5.74, 6) is 0. The van der Waals surface area contributed by atoms with E-state index in [1.807, 2.05) is 0 Å². The molecule has 1 fully saturated rings. The Morgan fingerprint density at radius 1 is 1.07 bits per heavy atom. The van der Waals surface area contributed by atoms with Gasteiger partial charge in [-0.2, -0.15) is 0 Å². The second kappa shape index (κ2) is 6.63. The van der Waals surface area contributed by atoms with Crippen LogP contribution in [0.15, 0.2) is 0 Å². The Kier molecular flexibility index (Phi) is 5.82. The van der Waals surface area contributed by atoms with Crippen LogP contribution >= 0.6 is 0 Å². The first-order chi connectivity index (χ1) is 7.09. The maximum absolute atomic E-state index is 5.88. The van der Waals surface area contributed by atoms with Crippen LogP contribution < -0.4 is 9.96 Å². The van der Waals surface area contributed by atoms with Gasteiger partial charge in [0, 0.05) is 6.61 Å². The highest BCUT2D eigenvalue weighted by Gasteiger charge is 2.27. The first-order valence-electron chi connectivity index (χ1n) is 6.23. The maximum Gasteiger partial charge on any atom is 0.214 e. The fourth-order valence-electron chi connectivity index (χ4n) is 2.01. The van der Waals surface area contributed by atoms with Gasteiger partial charge in [0.15, 0.2) is 0 Å². The molecule has 1 aliphatic heterocycles. The van der Waals surface area contributed by atoms with Gasteiger partial charge in [-0.3, -0.25) is 0 Å². The molecule has 0 saturated carbocycles. The second-order valence-corrected chi connectivity index (χ2v) is 7.39. The Bertz CT molecular complexity index is 160. The van der Waals surface area contributed by atoms with E-state index in [4.69, 9.17) is 4.74 Å². The summed E-state index contributed by atoms with van der Waals surface area (Å²) in [7, 11) is -1.15. The summed E-state index contributed by atoms with van der Waals surface area (Å²) >= 11 is 0. The molecule has 1 atom stereocenters. The highest BCUT2D eigenvalue weighted by Crippen LogP contribution is 2.13. The number of nitrogens with one attached hydrogen (secondary N) is 2. The first kappa shape index (κ1) is 13.2. The van der Waals surface area contributed by atoms with Crippen molar-refractivity contribution in [2.24, 2.45) is 0 Å². The van der Waals surface area contributed by atoms with Crippen LogP contribution in [-0.2, 0) is 4.74 Å². The Hall–Kier alpha value is 0.0969. The van der Waals surface area contributed by atoms with Gasteiger partial charge in [0.1, 0.15) is 0 Å². The predicted molar refractivity (Wildman–Crippen MR) is 67.3 cm³/mol. The molecule has 4 heteroatoms. The topological polar surface area (TPSA) is 33.3 Å². The van der Waals surface area contributed by atoms with Gasteiger partial charge in [-0.1, -0.05) is 27.7 Å². The van der Waals surface area contributed by atoms with Crippen molar-refractivity contribution in [2.75, 3.05) is 6.61 Å². The van der Waals surface area contributed by atoms with Crippen LogP contribution in [0.2, 0.25) is 0 Å². The van der Waals surface area contributed by atoms with Crippen molar-refractivity contribution in [3.63, 3.8) is 0 Å². The second-order valence-electron chi connectivity index (χ2n) is 5.03. The molecule has 1 saturated heterocycles. The van der Waals surface area contributed by atoms with E-state index in [2.05, 4.69) is 37.7 Å². The maximum atomic E-state index is 5.88. The van der Waals surface area contributed by atoms with E-state index in [0.717, 1.165) is 6.61 Å². The third-order valence-corrected chi connectivity index (χ3v) is 5.93. The number of rotatable bonds is 5. The quantitative estimate of drug-likeness (QED) is 0.699. The van der Waals surface area contributed by atoms with Gasteiger partial charge < -0.3 is 14.7 Å². The van der Waals surface area contributed by atoms with E-state index in [0.29, 0.717) is 17.8 Å². The summed E-state index contributed by atoms with van der Waals surface area (Å²) in [6, 6.07) is 1.11. The van der Waals surface area contributed by atoms with Crippen molar-refractivity contribution in [1.82, 2.24) is 9.96 Å². The Labute approximate surface area is 95.7 Å². The van der Waals surface area contributed by atoms with Crippen molar-refractivity contribution in [1.29, 1.82) is 0 Å². The Morgan fingerprint density at radius 3 is 2.07 bits per heavy atom. The molecule has 0 aromatic heterocycles. The van der Waals surface area contributed by atoms with E-state index >= 15 is 0 Å². The monoisotopic (exact) mass is 230 g/mol. The molecule has 2 N–H and O–H groups in total. The average Bonchev–Trinajstić information content (AvgIpc) is 2.17. The molecule has 0 bridgehead atoms. The van der Waals surface area contributed by atoms with Crippen molar-refractivity contribution < 1.29 is 4.74 Å². The fraction of sp³-hybridized carbons (Fsp3) is 1.00. The zero-order valence-electron chi connectivity index (χ0n) is 10.5. The highest BCUT2D eigenvalue weighted by molar-refractivity contribution is 6.55. The lowest BCUT2D eigenvalue weighted by Gasteiger charge is -2.32. The first-order valence-corrected chi connectivity index (χ1v) is 8.05. The summed E-state index contributed by atoms with van der Waals surface area (Å²) in [6.07, 6.45) is 3.80. The van der Waals surface area contributed by atoms with Gasteiger partial charge in [-0.25, -0.2) is 0 Å². The Balaban J connectivity index is 2.45. The van der Waals surface area contributed by atoms with Crippen molar-refractivity contribution >= 4 is 9.12 Å². The molecular formula is C11H26N2OSi. The molecule has 1 heterocycles. The molecule has 15 heavy (non-hydrogen) atoms. The summed E-state index contributed by atoms with van der Waals surface area (Å²) in [5, 5.41) is 0. The summed E-state index contributed by atoms with van der Waals surface area (Å²) in [4.78, 5) is 7.37. The Morgan fingerprint density at radius 2 is 1.67 bits per heavy atom. The number of hydrogen-bond acceptors (Lipinski definition) is 3. The van der Waals surface area contributed by atoms with E-state index in [1.165, 1.54) is 19.3 Å². The van der Waals surface area contributed by atoms with Crippen LogP contribution in [-0.4, -0.2) is 33.5 Å². The zero-order chi connectivity index (χ0) is 11.3. The molecule has 90 valence electrons. The van der Waals surface area contributed by atoms with Crippen LogP contribution in [0.25, 0.3) is 0 Å². The molecule has 0 spiro atoms. The molecule has 1 aliphatic rings. The number of hydrogen-bond donors (Lipinski definition) is 2. The molecule has 0 aliphatic carbocycles. The SMILES string of the molecule is CC(C)N[SiH](NC(C)C)C1CCCCO1. The van der Waals surface area contributed by atoms with Gasteiger partial charge in [0.25, 0.3) is 0 Å². The lowest BCUT2D eigenvalue weighted by molar-refractivity contribution is 0.0594. The largest absolute Gasteiger partial charge is 0.379 e. The van der Waals surface area contributed by atoms with Crippen LogP contribution in [0, 0.1) is 0 Å². The summed E-state index contributed by atoms with van der Waals surface area (Å²) < 4.78 is 5.88. The molecule has 1 unspecified atom stereocenters. The zero-order valence-corrected chi connectivity index (χ0v) is 11.7. The lowest BCUT2D eigenvalue weighted by Crippen LogP contribution is -2.61. The molecule has 0 amide bonds. The van der Waals surface area contributed by atoms with Gasteiger partial charge in [0.2, 0.25) is 9.12 Å². The molecular weight excluding hydrogens is 204 g/mol. The molecule has 0 radical (unpaired) electrons. The van der Waals surface area contributed by atoms with Gasteiger partial charge in [-0.05, 0) is 31.3 Å². The minimum atomic E-state index is -1.15. The van der Waals surface area contributed by atoms with Crippen LogP contribution in [0.3, 0.4) is 0 Å². The van der Waals surface area contributed by atoms with Gasteiger partial charge in [0.05, 0.1) is 5.73 Å². The standard InChI is InChI=1S/C11H26N2OSi/c1-9(2)12-15(13-10(3)4)11-7-5-6-8-14-11/h9-13,15H,5-8H2,1-4H3. The average molecular weight is 230 g/mol. The number of ether oxygens (including phenoxy) is 1. The van der Waals surface area contributed by atoms with Gasteiger partial charge >= 0.3 is 0 Å². The van der Waals surface area contributed by atoms with E-state index in [1.54, 1.807) is 0 Å². The van der Waals surface area contributed by atoms with E-state index in [-0.39, 0.29) is 0 Å². The van der Waals surface area contributed by atoms with E-state index in [9.17, 15) is 0 Å². The molecule has 0 aromatic rings. The minimum Gasteiger partial charge on any atom is -0.379 e. The van der Waals surface area contributed by atoms with Gasteiger partial charge in [-0.15, -0.1) is 0 Å². The van der Waals surface area contributed by atoms with Crippen LogP contribution in [0.5, 0.6) is 0 Å². The molecule has 3 nitrogen and oxygen atoms in total. The van der Waals surface area contributed by atoms with Crippen molar-refractivity contribution in [2.45, 2.75) is 64.8 Å². The summed E-state index contributed by atoms with van der Waals surface area (Å²) in [5.41, 5.74) is 0.476. The van der Waals surface area contributed by atoms with Crippen LogP contribution in [0.4, 0.5) is 0 Å². The van der Waals surface area contributed by atoms with E-state index < -0.39 is 9.12 Å². The highest BCUT2D eigenvalue weighted by atomic mass is 28.3. The smallest absolute Gasteiger partial charge is 0.214 e. The minimum absolute atomic E-state index is 0.476. The predicted octanol–water partition coefficient (Wildman–Crippen LogP) is 1.31. The molecule has 0 aromatic carbocycles.